The predicted molar refractivity (Wildman–Crippen MR) is 63.8 cm³/mol. The zero-order valence-electron chi connectivity index (χ0n) is 10.5. The Labute approximate surface area is 101 Å². The van der Waals surface area contributed by atoms with E-state index in [1.165, 1.54) is 0 Å². The summed E-state index contributed by atoms with van der Waals surface area (Å²) in [6, 6.07) is 3.42. The maximum atomic E-state index is 12.3. The lowest BCUT2D eigenvalue weighted by Crippen LogP contribution is -2.53. The molecule has 0 atom stereocenters. The maximum Gasteiger partial charge on any atom is 0.313 e. The molecule has 0 saturated carbocycles. The zero-order chi connectivity index (χ0) is 12.8. The van der Waals surface area contributed by atoms with Crippen molar-refractivity contribution in [3.63, 3.8) is 0 Å². The Balaban J connectivity index is 2.59. The van der Waals surface area contributed by atoms with Gasteiger partial charge in [0.15, 0.2) is 5.54 Å². The van der Waals surface area contributed by atoms with Crippen LogP contribution >= 0.6 is 0 Å². The lowest BCUT2D eigenvalue weighted by atomic mass is 9.84. The van der Waals surface area contributed by atoms with Crippen molar-refractivity contribution in [1.29, 1.82) is 0 Å². The van der Waals surface area contributed by atoms with E-state index in [0.717, 1.165) is 9.80 Å². The van der Waals surface area contributed by atoms with Crippen molar-refractivity contribution in [2.45, 2.75) is 38.8 Å². The Kier molecular flexibility index (Phi) is 2.39. The molecule has 1 aromatic rings. The van der Waals surface area contributed by atoms with E-state index >= 15 is 0 Å². The van der Waals surface area contributed by atoms with Crippen molar-refractivity contribution in [2.75, 3.05) is 0 Å². The van der Waals surface area contributed by atoms with Crippen molar-refractivity contribution in [3.8, 4) is 0 Å². The number of aromatic nitrogens is 1. The Bertz CT molecular complexity index is 466. The van der Waals surface area contributed by atoms with Crippen LogP contribution in [0, 0.1) is 5.21 Å². The molecule has 0 spiro atoms. The third-order valence-electron chi connectivity index (χ3n) is 3.87. The van der Waals surface area contributed by atoms with E-state index in [1.54, 1.807) is 24.5 Å². The Morgan fingerprint density at radius 1 is 1.24 bits per heavy atom. The van der Waals surface area contributed by atoms with Crippen LogP contribution < -0.4 is 0 Å². The van der Waals surface area contributed by atoms with E-state index < -0.39 is 11.1 Å². The summed E-state index contributed by atoms with van der Waals surface area (Å²) in [6.07, 6.45) is 3.20. The molecular weight excluding hydrogens is 218 g/mol. The second-order valence-corrected chi connectivity index (χ2v) is 5.28. The normalized spacial score (nSPS) is 22.1. The molecule has 5 nitrogen and oxygen atoms in total. The second kappa shape index (κ2) is 3.43. The van der Waals surface area contributed by atoms with Gasteiger partial charge in [0.05, 0.1) is 5.56 Å². The van der Waals surface area contributed by atoms with Gasteiger partial charge in [-0.3, -0.25) is 9.72 Å². The van der Waals surface area contributed by atoms with Crippen molar-refractivity contribution >= 4 is 5.84 Å². The first-order valence-corrected chi connectivity index (χ1v) is 5.54. The van der Waals surface area contributed by atoms with Gasteiger partial charge in [-0.2, -0.15) is 0 Å². The largest absolute Gasteiger partial charge is 0.714 e. The third kappa shape index (κ3) is 1.42. The van der Waals surface area contributed by atoms with Crippen molar-refractivity contribution in [1.82, 2.24) is 10.0 Å². The van der Waals surface area contributed by atoms with Crippen LogP contribution in [0.4, 0.5) is 0 Å². The number of hydroxylamine groups is 3. The number of pyridine rings is 1. The SMILES string of the molecule is CC1(C)N(O)C(c2ccncc2)=[N+]([O-])C1(C)C. The summed E-state index contributed by atoms with van der Waals surface area (Å²) in [5, 5.41) is 23.6. The van der Waals surface area contributed by atoms with Gasteiger partial charge in [-0.25, -0.2) is 5.21 Å². The molecule has 0 unspecified atom stereocenters. The average Bonchev–Trinajstić information content (AvgIpc) is 2.40. The van der Waals surface area contributed by atoms with Crippen molar-refractivity contribution in [3.05, 3.63) is 35.3 Å². The summed E-state index contributed by atoms with van der Waals surface area (Å²) in [5.74, 6) is 0.266. The minimum absolute atomic E-state index is 0.266. The molecule has 2 heterocycles. The van der Waals surface area contributed by atoms with Crippen LogP contribution in [-0.4, -0.2) is 36.9 Å². The van der Waals surface area contributed by atoms with Gasteiger partial charge in [-0.15, -0.1) is 5.06 Å². The molecule has 1 N–H and O–H groups in total. The summed E-state index contributed by atoms with van der Waals surface area (Å²) in [5.41, 5.74) is -0.704. The predicted octanol–water partition coefficient (Wildman–Crippen LogP) is 1.60. The van der Waals surface area contributed by atoms with Gasteiger partial charge >= 0.3 is 5.84 Å². The minimum Gasteiger partial charge on any atom is -0.714 e. The first kappa shape index (κ1) is 11.9. The highest BCUT2D eigenvalue weighted by molar-refractivity contribution is 5.95. The lowest BCUT2D eigenvalue weighted by Gasteiger charge is -2.33. The molecule has 0 radical (unpaired) electrons. The first-order valence-electron chi connectivity index (χ1n) is 5.54. The Morgan fingerprint density at radius 2 is 1.76 bits per heavy atom. The van der Waals surface area contributed by atoms with Crippen LogP contribution in [-0.2, 0) is 0 Å². The van der Waals surface area contributed by atoms with E-state index in [4.69, 9.17) is 0 Å². The van der Waals surface area contributed by atoms with Crippen LogP contribution in [0.1, 0.15) is 33.3 Å². The number of rotatable bonds is 1. The molecule has 1 aromatic heterocycles. The molecule has 2 rings (SSSR count). The molecule has 0 saturated heterocycles. The third-order valence-corrected chi connectivity index (χ3v) is 3.87. The molecular formula is C12H17N3O2. The second-order valence-electron chi connectivity index (χ2n) is 5.28. The molecule has 0 aliphatic carbocycles. The Morgan fingerprint density at radius 3 is 2.18 bits per heavy atom. The van der Waals surface area contributed by atoms with Gasteiger partial charge in [-0.05, 0) is 39.8 Å². The molecule has 92 valence electrons. The highest BCUT2D eigenvalue weighted by Crippen LogP contribution is 2.36. The van der Waals surface area contributed by atoms with Gasteiger partial charge < -0.3 is 5.21 Å². The van der Waals surface area contributed by atoms with Crippen LogP contribution in [0.15, 0.2) is 24.5 Å². The van der Waals surface area contributed by atoms with E-state index in [1.807, 2.05) is 27.7 Å². The number of nitrogens with zero attached hydrogens (tertiary/aromatic N) is 3. The molecule has 0 aromatic carbocycles. The lowest BCUT2D eigenvalue weighted by molar-refractivity contribution is -0.539. The fourth-order valence-electron chi connectivity index (χ4n) is 1.86. The zero-order valence-corrected chi connectivity index (χ0v) is 10.5. The monoisotopic (exact) mass is 235 g/mol. The molecule has 5 heteroatoms. The van der Waals surface area contributed by atoms with Gasteiger partial charge in [0.1, 0.15) is 5.54 Å². The van der Waals surface area contributed by atoms with Crippen LogP contribution in [0.5, 0.6) is 0 Å². The van der Waals surface area contributed by atoms with Gasteiger partial charge in [0.2, 0.25) is 0 Å². The molecule has 17 heavy (non-hydrogen) atoms. The fraction of sp³-hybridized carbons (Fsp3) is 0.500. The smallest absolute Gasteiger partial charge is 0.313 e. The highest BCUT2D eigenvalue weighted by atomic mass is 16.5. The number of amidine groups is 1. The molecule has 1 aliphatic heterocycles. The molecule has 0 bridgehead atoms. The quantitative estimate of drug-likeness (QED) is 0.593. The standard InChI is InChI=1S/C12H17N3O2/c1-11(2)12(3,4)15(17)10(14(11)16)9-5-7-13-8-6-9/h5-8,16H,1-4H3. The molecule has 0 amide bonds. The van der Waals surface area contributed by atoms with E-state index in [0.29, 0.717) is 5.56 Å². The van der Waals surface area contributed by atoms with Crippen LogP contribution in [0.2, 0.25) is 0 Å². The topological polar surface area (TPSA) is 62.4 Å². The average molecular weight is 235 g/mol. The summed E-state index contributed by atoms with van der Waals surface area (Å²) in [7, 11) is 0. The fourth-order valence-corrected chi connectivity index (χ4v) is 1.86. The van der Waals surface area contributed by atoms with Gasteiger partial charge in [0, 0.05) is 12.4 Å². The van der Waals surface area contributed by atoms with E-state index in [9.17, 15) is 10.4 Å². The minimum atomic E-state index is -0.708. The number of hydrogen-bond acceptors (Lipinski definition) is 4. The Hall–Kier alpha value is -1.62. The highest BCUT2D eigenvalue weighted by Gasteiger charge is 2.58. The van der Waals surface area contributed by atoms with Gasteiger partial charge in [0.25, 0.3) is 0 Å². The number of hydrogen-bond donors (Lipinski definition) is 1. The summed E-state index contributed by atoms with van der Waals surface area (Å²) in [6.45, 7) is 7.31. The van der Waals surface area contributed by atoms with E-state index in [2.05, 4.69) is 4.98 Å². The van der Waals surface area contributed by atoms with E-state index in [-0.39, 0.29) is 5.84 Å². The van der Waals surface area contributed by atoms with Crippen LogP contribution in [0.3, 0.4) is 0 Å². The molecule has 1 aliphatic rings. The van der Waals surface area contributed by atoms with Gasteiger partial charge in [-0.1, -0.05) is 0 Å². The maximum absolute atomic E-state index is 12.3. The van der Waals surface area contributed by atoms with Crippen LogP contribution in [0.25, 0.3) is 0 Å². The summed E-state index contributed by atoms with van der Waals surface area (Å²) in [4.78, 5) is 3.91. The first-order chi connectivity index (χ1) is 7.80. The summed E-state index contributed by atoms with van der Waals surface area (Å²) < 4.78 is 0.863. The van der Waals surface area contributed by atoms with Crippen molar-refractivity contribution < 1.29 is 9.95 Å². The summed E-state index contributed by atoms with van der Waals surface area (Å²) >= 11 is 0. The van der Waals surface area contributed by atoms with Crippen molar-refractivity contribution in [2.24, 2.45) is 0 Å². The molecule has 0 fully saturated rings.